The van der Waals surface area contributed by atoms with E-state index in [0.717, 1.165) is 11.3 Å². The van der Waals surface area contributed by atoms with Crippen LogP contribution in [0.4, 0.5) is 0 Å². The number of hydrogen-bond acceptors (Lipinski definition) is 1. The monoisotopic (exact) mass is 399 g/mol. The van der Waals surface area contributed by atoms with Crippen molar-refractivity contribution in [3.63, 3.8) is 0 Å². The van der Waals surface area contributed by atoms with Gasteiger partial charge in [0.25, 0.3) is 0 Å². The van der Waals surface area contributed by atoms with Crippen molar-refractivity contribution in [2.24, 2.45) is 0 Å². The summed E-state index contributed by atoms with van der Waals surface area (Å²) in [5.41, 5.74) is 8.31. The molecule has 0 saturated carbocycles. The summed E-state index contributed by atoms with van der Waals surface area (Å²) < 4.78 is 4.75. The van der Waals surface area contributed by atoms with Crippen molar-refractivity contribution in [3.8, 4) is 11.4 Å². The summed E-state index contributed by atoms with van der Waals surface area (Å²) in [4.78, 5) is 5.03. The molecule has 3 nitrogen and oxygen atoms in total. The van der Waals surface area contributed by atoms with Crippen molar-refractivity contribution in [1.82, 2.24) is 14.1 Å². The molecular formula is C28H21N3. The highest BCUT2D eigenvalue weighted by atomic mass is 15.1. The Kier molecular flexibility index (Phi) is 3.07. The Balaban J connectivity index is 1.66. The molecule has 0 spiro atoms. The van der Waals surface area contributed by atoms with Gasteiger partial charge < -0.3 is 4.57 Å². The van der Waals surface area contributed by atoms with Crippen LogP contribution in [0.25, 0.3) is 44.2 Å². The Morgan fingerprint density at radius 3 is 2.19 bits per heavy atom. The third kappa shape index (κ3) is 2.05. The van der Waals surface area contributed by atoms with Gasteiger partial charge >= 0.3 is 0 Å². The van der Waals surface area contributed by atoms with Crippen molar-refractivity contribution < 1.29 is 0 Å². The molecule has 3 heterocycles. The zero-order valence-corrected chi connectivity index (χ0v) is 17.5. The number of aromatic nitrogens is 3. The molecule has 1 aliphatic rings. The van der Waals surface area contributed by atoms with Gasteiger partial charge in [-0.15, -0.1) is 0 Å². The third-order valence-corrected chi connectivity index (χ3v) is 6.84. The summed E-state index contributed by atoms with van der Waals surface area (Å²) in [6.07, 6.45) is 0. The average molecular weight is 399 g/mol. The van der Waals surface area contributed by atoms with Gasteiger partial charge in [-0.25, -0.2) is 4.98 Å². The van der Waals surface area contributed by atoms with E-state index in [1.807, 2.05) is 0 Å². The van der Waals surface area contributed by atoms with Gasteiger partial charge in [0.2, 0.25) is 0 Å². The van der Waals surface area contributed by atoms with Gasteiger partial charge in [-0.05, 0) is 61.9 Å². The number of para-hydroxylation sites is 4. The number of nitrogens with zero attached hydrogens (tertiary/aromatic N) is 3. The highest BCUT2D eigenvalue weighted by Crippen LogP contribution is 2.47. The number of rotatable bonds is 1. The first-order chi connectivity index (χ1) is 15.1. The number of imidazole rings is 1. The molecule has 7 rings (SSSR count). The molecule has 0 amide bonds. The highest BCUT2D eigenvalue weighted by molar-refractivity contribution is 6.10. The average Bonchev–Trinajstić information content (AvgIpc) is 3.41. The second kappa shape index (κ2) is 5.64. The van der Waals surface area contributed by atoms with Crippen LogP contribution in [0.1, 0.15) is 25.2 Å². The van der Waals surface area contributed by atoms with Crippen molar-refractivity contribution in [2.75, 3.05) is 0 Å². The molecule has 0 bridgehead atoms. The fourth-order valence-corrected chi connectivity index (χ4v) is 5.35. The summed E-state index contributed by atoms with van der Waals surface area (Å²) in [6.45, 7) is 4.58. The molecule has 148 valence electrons. The van der Waals surface area contributed by atoms with E-state index in [0.29, 0.717) is 0 Å². The topological polar surface area (TPSA) is 22.8 Å². The van der Waals surface area contributed by atoms with Crippen LogP contribution in [-0.2, 0) is 5.41 Å². The molecule has 0 saturated heterocycles. The van der Waals surface area contributed by atoms with Crippen LogP contribution in [0.3, 0.4) is 0 Å². The predicted octanol–water partition coefficient (Wildman–Crippen LogP) is 6.76. The fourth-order valence-electron chi connectivity index (χ4n) is 5.35. The molecule has 0 aliphatic carbocycles. The van der Waals surface area contributed by atoms with E-state index in [4.69, 9.17) is 4.98 Å². The number of fused-ring (bicyclic) bond motifs is 8. The summed E-state index contributed by atoms with van der Waals surface area (Å²) in [7, 11) is 0. The van der Waals surface area contributed by atoms with Crippen molar-refractivity contribution in [1.29, 1.82) is 0 Å². The Morgan fingerprint density at radius 2 is 1.35 bits per heavy atom. The van der Waals surface area contributed by atoms with E-state index >= 15 is 0 Å². The van der Waals surface area contributed by atoms with Gasteiger partial charge in [0.05, 0.1) is 33.2 Å². The minimum atomic E-state index is -0.166. The van der Waals surface area contributed by atoms with E-state index in [1.165, 1.54) is 44.3 Å². The van der Waals surface area contributed by atoms with Crippen LogP contribution in [0.5, 0.6) is 0 Å². The minimum Gasteiger partial charge on any atom is -0.309 e. The van der Waals surface area contributed by atoms with Gasteiger partial charge in [-0.2, -0.15) is 0 Å². The smallest absolute Gasteiger partial charge is 0.124 e. The lowest BCUT2D eigenvalue weighted by atomic mass is 9.85. The van der Waals surface area contributed by atoms with Crippen LogP contribution in [0.15, 0.2) is 91.0 Å². The van der Waals surface area contributed by atoms with Crippen LogP contribution >= 0.6 is 0 Å². The van der Waals surface area contributed by atoms with E-state index in [-0.39, 0.29) is 5.41 Å². The molecule has 1 aliphatic heterocycles. The third-order valence-electron chi connectivity index (χ3n) is 6.84. The second-order valence-electron chi connectivity index (χ2n) is 8.96. The Hall–Kier alpha value is -3.85. The maximum Gasteiger partial charge on any atom is 0.124 e. The molecule has 0 fully saturated rings. The lowest BCUT2D eigenvalue weighted by Crippen LogP contribution is -2.16. The van der Waals surface area contributed by atoms with Crippen LogP contribution in [0.2, 0.25) is 0 Å². The summed E-state index contributed by atoms with van der Waals surface area (Å²) in [6, 6.07) is 32.6. The number of hydrogen-bond donors (Lipinski definition) is 0. The van der Waals surface area contributed by atoms with Gasteiger partial charge in [-0.1, -0.05) is 48.5 Å². The van der Waals surface area contributed by atoms with E-state index in [9.17, 15) is 0 Å². The molecule has 31 heavy (non-hydrogen) atoms. The lowest BCUT2D eigenvalue weighted by molar-refractivity contribution is 0.621. The van der Waals surface area contributed by atoms with Gasteiger partial charge in [0.15, 0.2) is 0 Å². The van der Waals surface area contributed by atoms with Crippen molar-refractivity contribution >= 4 is 32.8 Å². The molecule has 0 radical (unpaired) electrons. The maximum absolute atomic E-state index is 5.03. The quantitative estimate of drug-likeness (QED) is 0.299. The first-order valence-electron chi connectivity index (χ1n) is 10.8. The Bertz CT molecular complexity index is 1650. The first kappa shape index (κ1) is 16.9. The van der Waals surface area contributed by atoms with Gasteiger partial charge in [0.1, 0.15) is 5.82 Å². The molecule has 0 unspecified atom stereocenters. The van der Waals surface area contributed by atoms with E-state index in [1.54, 1.807) is 0 Å². The zero-order chi connectivity index (χ0) is 20.7. The molecular weight excluding hydrogens is 378 g/mol. The normalized spacial score (nSPS) is 14.4. The highest BCUT2D eigenvalue weighted by Gasteiger charge is 2.39. The standard InChI is InChI=1S/C28H21N3/c1-28(2)21-17-25-20(16-26(21)31-24-15-9-7-13-22(24)29-27(28)31)19-12-6-8-14-23(19)30(25)18-10-4-3-5-11-18/h3-17H,1-2H3. The molecule has 6 aromatic rings. The summed E-state index contributed by atoms with van der Waals surface area (Å²) in [5, 5.41) is 2.56. The summed E-state index contributed by atoms with van der Waals surface area (Å²) in [5.74, 6) is 1.12. The first-order valence-corrected chi connectivity index (χ1v) is 10.8. The molecule has 2 aromatic heterocycles. The predicted molar refractivity (Wildman–Crippen MR) is 128 cm³/mol. The minimum absolute atomic E-state index is 0.166. The molecule has 0 N–H and O–H groups in total. The van der Waals surface area contributed by atoms with Crippen molar-refractivity contribution in [3.05, 3.63) is 102 Å². The van der Waals surface area contributed by atoms with E-state index in [2.05, 4.69) is 114 Å². The van der Waals surface area contributed by atoms with Crippen LogP contribution in [0, 0.1) is 0 Å². The Labute approximate surface area is 180 Å². The largest absolute Gasteiger partial charge is 0.309 e. The lowest BCUT2D eigenvalue weighted by Gasteiger charge is -2.18. The molecule has 0 atom stereocenters. The van der Waals surface area contributed by atoms with Crippen LogP contribution < -0.4 is 0 Å². The SMILES string of the molecule is CC1(C)c2cc3c(cc2-n2c1nc1ccccc12)c1ccccc1n3-c1ccccc1. The van der Waals surface area contributed by atoms with Crippen molar-refractivity contribution in [2.45, 2.75) is 19.3 Å². The number of benzene rings is 4. The maximum atomic E-state index is 5.03. The second-order valence-corrected chi connectivity index (χ2v) is 8.96. The molecule has 3 heteroatoms. The molecule has 4 aromatic carbocycles. The van der Waals surface area contributed by atoms with Crippen LogP contribution in [-0.4, -0.2) is 14.1 Å². The van der Waals surface area contributed by atoms with Gasteiger partial charge in [0, 0.05) is 16.5 Å². The Morgan fingerprint density at radius 1 is 0.645 bits per heavy atom. The fraction of sp³-hybridized carbons (Fsp3) is 0.107. The van der Waals surface area contributed by atoms with Gasteiger partial charge in [-0.3, -0.25) is 4.57 Å². The summed E-state index contributed by atoms with van der Waals surface area (Å²) >= 11 is 0. The zero-order valence-electron chi connectivity index (χ0n) is 17.5. The van der Waals surface area contributed by atoms with E-state index < -0.39 is 0 Å².